The lowest BCUT2D eigenvalue weighted by atomic mass is 9.91. The van der Waals surface area contributed by atoms with Crippen LogP contribution in [0.25, 0.3) is 0 Å². The first-order chi connectivity index (χ1) is 16.0. The molecule has 2 aromatic carbocycles. The molecule has 2 saturated carbocycles. The Morgan fingerprint density at radius 2 is 1.27 bits per heavy atom. The quantitative estimate of drug-likeness (QED) is 0.302. The van der Waals surface area contributed by atoms with Crippen LogP contribution in [0.15, 0.2) is 48.5 Å². The Balaban J connectivity index is 0.000000192. The number of benzene rings is 2. The Hall–Kier alpha value is -1.88. The van der Waals surface area contributed by atoms with Gasteiger partial charge in [-0.2, -0.15) is 0 Å². The van der Waals surface area contributed by atoms with Crippen molar-refractivity contribution < 1.29 is 18.4 Å². The molecule has 0 bridgehead atoms. The summed E-state index contributed by atoms with van der Waals surface area (Å²) in [6.07, 6.45) is 12.2. The molecule has 2 aliphatic carbocycles. The van der Waals surface area contributed by atoms with E-state index in [4.69, 9.17) is 0 Å². The molecule has 33 heavy (non-hydrogen) atoms. The summed E-state index contributed by atoms with van der Waals surface area (Å²) < 4.78 is 25.3. The first-order valence-electron chi connectivity index (χ1n) is 12.1. The molecule has 0 spiro atoms. The normalized spacial score (nSPS) is 18.7. The van der Waals surface area contributed by atoms with Gasteiger partial charge in [0.05, 0.1) is 0 Å². The monoisotopic (exact) mass is 520 g/mol. The van der Waals surface area contributed by atoms with Crippen LogP contribution in [0.3, 0.4) is 0 Å². The predicted molar refractivity (Wildman–Crippen MR) is 133 cm³/mol. The molecule has 2 nitrogen and oxygen atoms in total. The molecule has 2 aromatic rings. The Morgan fingerprint density at radius 1 is 0.727 bits per heavy atom. The lowest BCUT2D eigenvalue weighted by molar-refractivity contribution is -0.122. The van der Waals surface area contributed by atoms with E-state index in [1.165, 1.54) is 37.1 Å². The number of carbonyl (C=O) groups excluding carboxylic acids is 2. The van der Waals surface area contributed by atoms with Gasteiger partial charge in [0.15, 0.2) is 0 Å². The molecule has 0 amide bonds. The Labute approximate surface area is 205 Å². The van der Waals surface area contributed by atoms with Gasteiger partial charge in [-0.3, -0.25) is 9.59 Å². The highest BCUT2D eigenvalue weighted by atomic mass is 79.9. The fraction of sp³-hybridized carbons (Fsp3) is 0.500. The van der Waals surface area contributed by atoms with E-state index in [1.807, 2.05) is 12.1 Å². The second kappa shape index (κ2) is 15.9. The number of alkyl halides is 1. The van der Waals surface area contributed by atoms with Crippen molar-refractivity contribution in [3.8, 4) is 0 Å². The Kier molecular flexibility index (Phi) is 13.2. The highest BCUT2D eigenvalue weighted by Crippen LogP contribution is 2.23. The van der Waals surface area contributed by atoms with Crippen LogP contribution in [0, 0.1) is 17.6 Å². The average Bonchev–Trinajstić information content (AvgIpc) is 3.17. The van der Waals surface area contributed by atoms with Crippen LogP contribution in [-0.2, 0) is 21.3 Å². The lowest BCUT2D eigenvalue weighted by Gasteiger charge is -2.12. The Morgan fingerprint density at radius 3 is 1.85 bits per heavy atom. The van der Waals surface area contributed by atoms with Crippen molar-refractivity contribution in [3.63, 3.8) is 0 Å². The first kappa shape index (κ1) is 27.4. The largest absolute Gasteiger partial charge is 0.300 e. The van der Waals surface area contributed by atoms with Crippen molar-refractivity contribution in [2.45, 2.75) is 82.4 Å². The maximum Gasteiger partial charge on any atom is 0.136 e. The number of hydrogen-bond donors (Lipinski definition) is 0. The van der Waals surface area contributed by atoms with E-state index in [0.717, 1.165) is 62.5 Å². The van der Waals surface area contributed by atoms with Crippen molar-refractivity contribution in [2.75, 3.05) is 0 Å². The fourth-order valence-electron chi connectivity index (χ4n) is 4.14. The van der Waals surface area contributed by atoms with Gasteiger partial charge in [-0.1, -0.05) is 65.9 Å². The van der Waals surface area contributed by atoms with Crippen molar-refractivity contribution in [1.82, 2.24) is 0 Å². The maximum atomic E-state index is 13.0. The summed E-state index contributed by atoms with van der Waals surface area (Å²) in [5.41, 5.74) is 1.91. The summed E-state index contributed by atoms with van der Waals surface area (Å²) in [4.78, 5) is 22.5. The summed E-state index contributed by atoms with van der Waals surface area (Å²) in [5, 5.41) is 0.713. The van der Waals surface area contributed by atoms with Crippen LogP contribution in [-0.4, -0.2) is 11.6 Å². The minimum absolute atomic E-state index is 0.115. The molecule has 0 aliphatic heterocycles. The molecular weight excluding hydrogens is 486 g/mol. The SMILES string of the molecule is Fc1cccc(CBr)c1.O=C1CCCCCC1.O=C1CCCCCC1Cc1cccc(F)c1. The number of carbonyl (C=O) groups is 2. The first-order valence-corrected chi connectivity index (χ1v) is 13.2. The third kappa shape index (κ3) is 11.7. The van der Waals surface area contributed by atoms with E-state index in [1.54, 1.807) is 12.1 Å². The van der Waals surface area contributed by atoms with Crippen LogP contribution < -0.4 is 0 Å². The van der Waals surface area contributed by atoms with E-state index in [-0.39, 0.29) is 17.6 Å². The second-order valence-corrected chi connectivity index (χ2v) is 9.37. The second-order valence-electron chi connectivity index (χ2n) is 8.81. The zero-order valence-corrected chi connectivity index (χ0v) is 20.9. The molecule has 0 saturated heterocycles. The van der Waals surface area contributed by atoms with Gasteiger partial charge in [-0.15, -0.1) is 0 Å². The van der Waals surface area contributed by atoms with Crippen molar-refractivity contribution in [1.29, 1.82) is 0 Å². The number of halogens is 3. The molecule has 1 unspecified atom stereocenters. The molecule has 2 aliphatic rings. The summed E-state index contributed by atoms with van der Waals surface area (Å²) in [5.74, 6) is 0.569. The van der Waals surface area contributed by atoms with E-state index < -0.39 is 0 Å². The van der Waals surface area contributed by atoms with E-state index in [0.29, 0.717) is 29.7 Å². The minimum Gasteiger partial charge on any atom is -0.300 e. The van der Waals surface area contributed by atoms with Gasteiger partial charge in [0, 0.05) is 30.5 Å². The minimum atomic E-state index is -0.210. The number of rotatable bonds is 3. The van der Waals surface area contributed by atoms with Gasteiger partial charge in [-0.05, 0) is 67.5 Å². The zero-order chi connectivity index (χ0) is 23.9. The van der Waals surface area contributed by atoms with Crippen LogP contribution >= 0.6 is 15.9 Å². The average molecular weight is 521 g/mol. The van der Waals surface area contributed by atoms with Gasteiger partial charge in [0.2, 0.25) is 0 Å². The number of ketones is 2. The predicted octanol–water partition coefficient (Wildman–Crippen LogP) is 8.15. The van der Waals surface area contributed by atoms with Crippen LogP contribution in [0.2, 0.25) is 0 Å². The maximum absolute atomic E-state index is 13.0. The topological polar surface area (TPSA) is 34.1 Å². The van der Waals surface area contributed by atoms with Crippen molar-refractivity contribution in [3.05, 3.63) is 71.3 Å². The van der Waals surface area contributed by atoms with Crippen LogP contribution in [0.4, 0.5) is 8.78 Å². The molecule has 0 aromatic heterocycles. The summed E-state index contributed by atoms with van der Waals surface area (Å²) in [7, 11) is 0. The standard InChI is InChI=1S/C14H17FO.C7H6BrF.C7H12O/c15-13-7-4-5-11(10-13)9-12-6-2-1-3-8-14(12)16;8-5-6-2-1-3-7(9)4-6;8-7-5-3-1-2-4-6-7/h4-5,7,10,12H,1-3,6,8-9H2;1-4H,5H2;1-6H2. The summed E-state index contributed by atoms with van der Waals surface area (Å²) in [6.45, 7) is 0. The van der Waals surface area contributed by atoms with Gasteiger partial charge < -0.3 is 0 Å². The highest BCUT2D eigenvalue weighted by Gasteiger charge is 2.20. The lowest BCUT2D eigenvalue weighted by Crippen LogP contribution is -2.15. The molecule has 0 radical (unpaired) electrons. The summed E-state index contributed by atoms with van der Waals surface area (Å²) in [6, 6.07) is 13.1. The van der Waals surface area contributed by atoms with Crippen LogP contribution in [0.1, 0.15) is 81.8 Å². The molecule has 4 rings (SSSR count). The molecule has 0 heterocycles. The smallest absolute Gasteiger partial charge is 0.136 e. The number of Topliss-reactive ketones (excluding diaryl/α,β-unsaturated/α-hetero) is 2. The van der Waals surface area contributed by atoms with Gasteiger partial charge in [0.25, 0.3) is 0 Å². The molecule has 2 fully saturated rings. The molecule has 180 valence electrons. The van der Waals surface area contributed by atoms with E-state index >= 15 is 0 Å². The molecule has 0 N–H and O–H groups in total. The fourth-order valence-corrected chi connectivity index (χ4v) is 4.49. The third-order valence-electron chi connectivity index (χ3n) is 6.01. The van der Waals surface area contributed by atoms with Crippen LogP contribution in [0.5, 0.6) is 0 Å². The molecular formula is C28H35BrF2O2. The number of hydrogen-bond acceptors (Lipinski definition) is 2. The van der Waals surface area contributed by atoms with Crippen molar-refractivity contribution >= 4 is 27.5 Å². The van der Waals surface area contributed by atoms with Crippen molar-refractivity contribution in [2.24, 2.45) is 5.92 Å². The molecule has 5 heteroatoms. The van der Waals surface area contributed by atoms with Gasteiger partial charge in [-0.25, -0.2) is 8.78 Å². The van der Waals surface area contributed by atoms with Gasteiger partial charge >= 0.3 is 0 Å². The Bertz CT molecular complexity index is 858. The third-order valence-corrected chi connectivity index (χ3v) is 6.65. The summed E-state index contributed by atoms with van der Waals surface area (Å²) >= 11 is 3.22. The van der Waals surface area contributed by atoms with Gasteiger partial charge in [0.1, 0.15) is 23.2 Å². The van der Waals surface area contributed by atoms with E-state index in [9.17, 15) is 18.4 Å². The highest BCUT2D eigenvalue weighted by molar-refractivity contribution is 9.08. The zero-order valence-electron chi connectivity index (χ0n) is 19.3. The molecule has 1 atom stereocenters. The van der Waals surface area contributed by atoms with E-state index in [2.05, 4.69) is 15.9 Å².